The predicted octanol–water partition coefficient (Wildman–Crippen LogP) is 3.07. The van der Waals surface area contributed by atoms with E-state index in [1.807, 2.05) is 0 Å². The fourth-order valence-electron chi connectivity index (χ4n) is 2.54. The number of nitrogens with one attached hydrogen (secondary N) is 1. The van der Waals surface area contributed by atoms with Crippen molar-refractivity contribution < 1.29 is 18.3 Å². The molecule has 1 aliphatic carbocycles. The molecule has 21 heavy (non-hydrogen) atoms. The first-order valence-electron chi connectivity index (χ1n) is 6.87. The normalized spacial score (nSPS) is 16.9. The third kappa shape index (κ3) is 3.84. The van der Waals surface area contributed by atoms with Crippen LogP contribution in [0.5, 0.6) is 0 Å². The van der Waals surface area contributed by atoms with Gasteiger partial charge in [0.05, 0.1) is 10.5 Å². The number of benzene rings is 1. The highest BCUT2D eigenvalue weighted by molar-refractivity contribution is 9.10. The molecule has 0 radical (unpaired) electrons. The van der Waals surface area contributed by atoms with Crippen molar-refractivity contribution >= 4 is 31.9 Å². The first-order chi connectivity index (χ1) is 9.81. The molecule has 2 N–H and O–H groups in total. The highest BCUT2D eigenvalue weighted by Gasteiger charge is 2.24. The SMILES string of the molecule is Cc1c(Br)cc(S(=O)(=O)NC2CCCCC2)cc1C(=O)O. The number of carbonyl (C=O) groups is 1. The summed E-state index contributed by atoms with van der Waals surface area (Å²) in [6, 6.07) is 2.61. The highest BCUT2D eigenvalue weighted by atomic mass is 79.9. The molecule has 0 amide bonds. The number of sulfonamides is 1. The number of hydrogen-bond donors (Lipinski definition) is 2. The van der Waals surface area contributed by atoms with E-state index in [9.17, 15) is 13.2 Å². The molecule has 1 aromatic carbocycles. The van der Waals surface area contributed by atoms with Gasteiger partial charge in [0.1, 0.15) is 0 Å². The monoisotopic (exact) mass is 375 g/mol. The summed E-state index contributed by atoms with van der Waals surface area (Å²) in [5.74, 6) is -1.14. The van der Waals surface area contributed by atoms with Crippen LogP contribution in [0.4, 0.5) is 0 Å². The van der Waals surface area contributed by atoms with Crippen LogP contribution >= 0.6 is 15.9 Å². The van der Waals surface area contributed by atoms with E-state index >= 15 is 0 Å². The summed E-state index contributed by atoms with van der Waals surface area (Å²) in [5.41, 5.74) is 0.507. The van der Waals surface area contributed by atoms with Gasteiger partial charge in [0.15, 0.2) is 0 Å². The zero-order valence-electron chi connectivity index (χ0n) is 11.7. The van der Waals surface area contributed by atoms with E-state index in [0.29, 0.717) is 10.0 Å². The molecule has 1 aliphatic rings. The number of carboxylic acids is 1. The van der Waals surface area contributed by atoms with E-state index in [-0.39, 0.29) is 16.5 Å². The lowest BCUT2D eigenvalue weighted by molar-refractivity contribution is 0.0695. The van der Waals surface area contributed by atoms with Crippen LogP contribution in [0.1, 0.15) is 48.0 Å². The predicted molar refractivity (Wildman–Crippen MR) is 83.0 cm³/mol. The van der Waals surface area contributed by atoms with Crippen molar-refractivity contribution in [2.45, 2.75) is 50.0 Å². The summed E-state index contributed by atoms with van der Waals surface area (Å²) in [7, 11) is -3.70. The van der Waals surface area contributed by atoms with Gasteiger partial charge in [-0.1, -0.05) is 35.2 Å². The molecule has 0 bridgehead atoms. The Morgan fingerprint density at radius 1 is 1.29 bits per heavy atom. The lowest BCUT2D eigenvalue weighted by atomic mass is 9.96. The fraction of sp³-hybridized carbons (Fsp3) is 0.500. The molecular weight excluding hydrogens is 358 g/mol. The molecule has 0 saturated heterocycles. The Morgan fingerprint density at radius 3 is 2.48 bits per heavy atom. The lowest BCUT2D eigenvalue weighted by Gasteiger charge is -2.22. The Morgan fingerprint density at radius 2 is 1.90 bits per heavy atom. The van der Waals surface area contributed by atoms with E-state index in [2.05, 4.69) is 20.7 Å². The van der Waals surface area contributed by atoms with Crippen molar-refractivity contribution in [2.75, 3.05) is 0 Å². The maximum Gasteiger partial charge on any atom is 0.336 e. The number of aromatic carboxylic acids is 1. The number of halogens is 1. The second kappa shape index (κ2) is 6.46. The lowest BCUT2D eigenvalue weighted by Crippen LogP contribution is -2.36. The molecule has 2 rings (SSSR count). The standard InChI is InChI=1S/C14H18BrNO4S/c1-9-12(14(17)18)7-11(8-13(9)15)21(19,20)16-10-5-3-2-4-6-10/h7-8,10,16H,2-6H2,1H3,(H,17,18). The molecule has 1 saturated carbocycles. The van der Waals surface area contributed by atoms with Crippen LogP contribution in [0.15, 0.2) is 21.5 Å². The highest BCUT2D eigenvalue weighted by Crippen LogP contribution is 2.26. The van der Waals surface area contributed by atoms with Gasteiger partial charge in [-0.05, 0) is 37.5 Å². The van der Waals surface area contributed by atoms with Crippen molar-refractivity contribution in [2.24, 2.45) is 0 Å². The molecule has 0 unspecified atom stereocenters. The Labute approximate surface area is 132 Å². The second-order valence-electron chi connectivity index (χ2n) is 5.34. The van der Waals surface area contributed by atoms with E-state index in [1.54, 1.807) is 6.92 Å². The van der Waals surface area contributed by atoms with E-state index in [0.717, 1.165) is 32.1 Å². The summed E-state index contributed by atoms with van der Waals surface area (Å²) in [5, 5.41) is 9.17. The smallest absolute Gasteiger partial charge is 0.336 e. The molecule has 1 fully saturated rings. The minimum absolute atomic E-state index is 0.00612. The summed E-state index contributed by atoms with van der Waals surface area (Å²) in [6.07, 6.45) is 4.84. The Kier molecular flexibility index (Phi) is 5.06. The van der Waals surface area contributed by atoms with Gasteiger partial charge in [-0.15, -0.1) is 0 Å². The molecule has 116 valence electrons. The van der Waals surface area contributed by atoms with Gasteiger partial charge in [-0.3, -0.25) is 0 Å². The van der Waals surface area contributed by atoms with Gasteiger partial charge < -0.3 is 5.11 Å². The molecular formula is C14H18BrNO4S. The van der Waals surface area contributed by atoms with Gasteiger partial charge in [0.2, 0.25) is 10.0 Å². The quantitative estimate of drug-likeness (QED) is 0.846. The Bertz CT molecular complexity index is 651. The zero-order chi connectivity index (χ0) is 15.6. The van der Waals surface area contributed by atoms with Gasteiger partial charge >= 0.3 is 5.97 Å². The topological polar surface area (TPSA) is 83.5 Å². The first-order valence-corrected chi connectivity index (χ1v) is 9.14. The molecule has 1 aromatic rings. The number of carboxylic acid groups (broad SMARTS) is 1. The van der Waals surface area contributed by atoms with Gasteiger partial charge in [-0.25, -0.2) is 17.9 Å². The minimum atomic E-state index is -3.70. The van der Waals surface area contributed by atoms with Crippen molar-refractivity contribution in [3.8, 4) is 0 Å². The van der Waals surface area contributed by atoms with E-state index in [4.69, 9.17) is 5.11 Å². The fourth-order valence-corrected chi connectivity index (χ4v) is 4.51. The van der Waals surface area contributed by atoms with Crippen LogP contribution < -0.4 is 4.72 Å². The molecule has 0 aliphatic heterocycles. The maximum atomic E-state index is 12.4. The van der Waals surface area contributed by atoms with E-state index in [1.165, 1.54) is 12.1 Å². The van der Waals surface area contributed by atoms with Crippen molar-refractivity contribution in [3.05, 3.63) is 27.7 Å². The van der Waals surface area contributed by atoms with Crippen LogP contribution in [0.25, 0.3) is 0 Å². The largest absolute Gasteiger partial charge is 0.478 e. The second-order valence-corrected chi connectivity index (χ2v) is 7.91. The van der Waals surface area contributed by atoms with Crippen LogP contribution in [0.3, 0.4) is 0 Å². The minimum Gasteiger partial charge on any atom is -0.478 e. The summed E-state index contributed by atoms with van der Waals surface area (Å²) >= 11 is 3.23. The third-order valence-corrected chi connectivity index (χ3v) is 6.11. The first kappa shape index (κ1) is 16.5. The van der Waals surface area contributed by atoms with Gasteiger partial charge in [-0.2, -0.15) is 0 Å². The molecule has 0 spiro atoms. The van der Waals surface area contributed by atoms with Gasteiger partial charge in [0, 0.05) is 10.5 Å². The van der Waals surface area contributed by atoms with Gasteiger partial charge in [0.25, 0.3) is 0 Å². The molecule has 0 aromatic heterocycles. The zero-order valence-corrected chi connectivity index (χ0v) is 14.1. The number of hydrogen-bond acceptors (Lipinski definition) is 3. The molecule has 0 atom stereocenters. The van der Waals surface area contributed by atoms with E-state index < -0.39 is 16.0 Å². The Hall–Kier alpha value is -0.920. The maximum absolute atomic E-state index is 12.4. The van der Waals surface area contributed by atoms with Crippen molar-refractivity contribution in [1.82, 2.24) is 4.72 Å². The molecule has 0 heterocycles. The average molecular weight is 376 g/mol. The Balaban J connectivity index is 2.33. The van der Waals surface area contributed by atoms with Crippen LogP contribution in [0.2, 0.25) is 0 Å². The third-order valence-electron chi connectivity index (χ3n) is 3.79. The molecule has 5 nitrogen and oxygen atoms in total. The van der Waals surface area contributed by atoms with Crippen LogP contribution in [-0.4, -0.2) is 25.5 Å². The molecule has 7 heteroatoms. The van der Waals surface area contributed by atoms with Crippen molar-refractivity contribution in [3.63, 3.8) is 0 Å². The van der Waals surface area contributed by atoms with Crippen LogP contribution in [-0.2, 0) is 10.0 Å². The summed E-state index contributed by atoms with van der Waals surface area (Å²) < 4.78 is 28.0. The van der Waals surface area contributed by atoms with Crippen molar-refractivity contribution in [1.29, 1.82) is 0 Å². The van der Waals surface area contributed by atoms with Crippen LogP contribution in [0, 0.1) is 6.92 Å². The average Bonchev–Trinajstić information content (AvgIpc) is 2.41. The summed E-state index contributed by atoms with van der Waals surface area (Å²) in [6.45, 7) is 1.64. The summed E-state index contributed by atoms with van der Waals surface area (Å²) in [4.78, 5) is 11.2. The number of rotatable bonds is 4.